The highest BCUT2D eigenvalue weighted by atomic mass is 15.1. The van der Waals surface area contributed by atoms with E-state index in [1.165, 1.54) is 16.8 Å². The molecule has 0 saturated carbocycles. The van der Waals surface area contributed by atoms with Crippen LogP contribution in [0.2, 0.25) is 0 Å². The quantitative estimate of drug-likeness (QED) is 0.845. The molecule has 1 N–H and O–H groups in total. The summed E-state index contributed by atoms with van der Waals surface area (Å²) in [5.74, 6) is 0. The van der Waals surface area contributed by atoms with Crippen molar-refractivity contribution in [3.8, 4) is 0 Å². The van der Waals surface area contributed by atoms with Gasteiger partial charge in [0, 0.05) is 24.3 Å². The molecule has 0 fully saturated rings. The molecule has 112 valence electrons. The smallest absolute Gasteiger partial charge is 0.0432 e. The Morgan fingerprint density at radius 2 is 1.52 bits per heavy atom. The third-order valence-corrected chi connectivity index (χ3v) is 3.98. The molecular weight excluding hydrogens is 256 g/mol. The van der Waals surface area contributed by atoms with Gasteiger partial charge in [-0.3, -0.25) is 0 Å². The Labute approximate surface area is 128 Å². The molecule has 2 rings (SSSR count). The van der Waals surface area contributed by atoms with E-state index >= 15 is 0 Å². The van der Waals surface area contributed by atoms with Crippen molar-refractivity contribution >= 4 is 5.69 Å². The van der Waals surface area contributed by atoms with Crippen molar-refractivity contribution < 1.29 is 0 Å². The second-order valence-electron chi connectivity index (χ2n) is 5.81. The van der Waals surface area contributed by atoms with E-state index in [1.54, 1.807) is 0 Å². The van der Waals surface area contributed by atoms with Gasteiger partial charge in [-0.15, -0.1) is 0 Å². The van der Waals surface area contributed by atoms with E-state index in [1.807, 2.05) is 7.05 Å². The first kappa shape index (κ1) is 15.6. The molecule has 0 amide bonds. The number of nitrogens with one attached hydrogen (secondary N) is 1. The van der Waals surface area contributed by atoms with Crippen LogP contribution in [-0.4, -0.2) is 13.1 Å². The van der Waals surface area contributed by atoms with Crippen LogP contribution >= 0.6 is 0 Å². The van der Waals surface area contributed by atoms with Gasteiger partial charge in [-0.25, -0.2) is 0 Å². The van der Waals surface area contributed by atoms with Crippen molar-refractivity contribution in [1.29, 1.82) is 0 Å². The van der Waals surface area contributed by atoms with Gasteiger partial charge in [0.2, 0.25) is 0 Å². The van der Waals surface area contributed by atoms with Crippen LogP contribution in [0.25, 0.3) is 0 Å². The molecule has 0 heterocycles. The standard InChI is InChI=1S/C19H26N2/c1-15(2)21(14-17-8-6-5-7-9-17)19-12-10-18(11-13-19)16(3)20-4/h5-13,15-16,20H,14H2,1-4H3. The zero-order chi connectivity index (χ0) is 15.2. The molecule has 2 aromatic carbocycles. The highest BCUT2D eigenvalue weighted by molar-refractivity contribution is 5.49. The molecule has 1 unspecified atom stereocenters. The summed E-state index contributed by atoms with van der Waals surface area (Å²) < 4.78 is 0. The lowest BCUT2D eigenvalue weighted by molar-refractivity contribution is 0.650. The number of hydrogen-bond acceptors (Lipinski definition) is 2. The third-order valence-electron chi connectivity index (χ3n) is 3.98. The number of rotatable bonds is 6. The van der Waals surface area contributed by atoms with Crippen molar-refractivity contribution in [2.24, 2.45) is 0 Å². The highest BCUT2D eigenvalue weighted by Gasteiger charge is 2.12. The average molecular weight is 282 g/mol. The van der Waals surface area contributed by atoms with Crippen LogP contribution in [0, 0.1) is 0 Å². The van der Waals surface area contributed by atoms with E-state index in [2.05, 4.69) is 85.6 Å². The number of benzene rings is 2. The molecule has 0 aliphatic heterocycles. The molecule has 21 heavy (non-hydrogen) atoms. The monoisotopic (exact) mass is 282 g/mol. The fourth-order valence-electron chi connectivity index (χ4n) is 2.47. The number of hydrogen-bond donors (Lipinski definition) is 1. The minimum absolute atomic E-state index is 0.390. The van der Waals surface area contributed by atoms with Crippen LogP contribution < -0.4 is 10.2 Å². The van der Waals surface area contributed by atoms with E-state index in [0.717, 1.165) is 6.54 Å². The topological polar surface area (TPSA) is 15.3 Å². The van der Waals surface area contributed by atoms with Crippen molar-refractivity contribution in [2.75, 3.05) is 11.9 Å². The molecule has 0 aliphatic rings. The van der Waals surface area contributed by atoms with E-state index in [-0.39, 0.29) is 0 Å². The molecular formula is C19H26N2. The Kier molecular flexibility index (Phi) is 5.40. The molecule has 0 saturated heterocycles. The van der Waals surface area contributed by atoms with Crippen molar-refractivity contribution in [1.82, 2.24) is 5.32 Å². The average Bonchev–Trinajstić information content (AvgIpc) is 2.53. The van der Waals surface area contributed by atoms with Gasteiger partial charge in [0.15, 0.2) is 0 Å². The fourth-order valence-corrected chi connectivity index (χ4v) is 2.47. The Morgan fingerprint density at radius 3 is 2.05 bits per heavy atom. The van der Waals surface area contributed by atoms with Gasteiger partial charge in [0.25, 0.3) is 0 Å². The van der Waals surface area contributed by atoms with E-state index in [9.17, 15) is 0 Å². The summed E-state index contributed by atoms with van der Waals surface area (Å²) >= 11 is 0. The van der Waals surface area contributed by atoms with Gasteiger partial charge in [-0.05, 0) is 51.1 Å². The Morgan fingerprint density at radius 1 is 0.905 bits per heavy atom. The normalized spacial score (nSPS) is 12.4. The zero-order valence-corrected chi connectivity index (χ0v) is 13.5. The summed E-state index contributed by atoms with van der Waals surface area (Å²) in [7, 11) is 1.99. The predicted octanol–water partition coefficient (Wildman–Crippen LogP) is 4.38. The summed E-state index contributed by atoms with van der Waals surface area (Å²) in [5, 5.41) is 3.28. The Hall–Kier alpha value is -1.80. The highest BCUT2D eigenvalue weighted by Crippen LogP contribution is 2.22. The lowest BCUT2D eigenvalue weighted by Crippen LogP contribution is -2.30. The van der Waals surface area contributed by atoms with Crippen molar-refractivity contribution in [3.05, 3.63) is 65.7 Å². The van der Waals surface area contributed by atoms with E-state index in [0.29, 0.717) is 12.1 Å². The maximum absolute atomic E-state index is 3.28. The summed E-state index contributed by atoms with van der Waals surface area (Å²) in [4.78, 5) is 2.43. The lowest BCUT2D eigenvalue weighted by Gasteiger charge is -2.29. The first-order valence-electron chi connectivity index (χ1n) is 7.69. The molecule has 0 aromatic heterocycles. The summed E-state index contributed by atoms with van der Waals surface area (Å²) in [6.07, 6.45) is 0. The molecule has 1 atom stereocenters. The van der Waals surface area contributed by atoms with Crippen LogP contribution in [0.3, 0.4) is 0 Å². The number of nitrogens with zero attached hydrogens (tertiary/aromatic N) is 1. The van der Waals surface area contributed by atoms with Gasteiger partial charge < -0.3 is 10.2 Å². The third kappa shape index (κ3) is 4.08. The van der Waals surface area contributed by atoms with Crippen molar-refractivity contribution in [3.63, 3.8) is 0 Å². The van der Waals surface area contributed by atoms with E-state index in [4.69, 9.17) is 0 Å². The largest absolute Gasteiger partial charge is 0.365 e. The summed E-state index contributed by atoms with van der Waals surface area (Å²) in [6.45, 7) is 7.61. The number of anilines is 1. The molecule has 0 bridgehead atoms. The molecule has 2 aromatic rings. The maximum atomic E-state index is 3.28. The first-order valence-corrected chi connectivity index (χ1v) is 7.69. The van der Waals surface area contributed by atoms with Crippen LogP contribution in [0.5, 0.6) is 0 Å². The molecule has 0 aliphatic carbocycles. The zero-order valence-electron chi connectivity index (χ0n) is 13.5. The van der Waals surface area contributed by atoms with Crippen molar-refractivity contribution in [2.45, 2.75) is 39.4 Å². The van der Waals surface area contributed by atoms with Gasteiger partial charge in [-0.2, -0.15) is 0 Å². The van der Waals surface area contributed by atoms with E-state index < -0.39 is 0 Å². The van der Waals surface area contributed by atoms with Crippen LogP contribution in [0.1, 0.15) is 37.9 Å². The predicted molar refractivity (Wildman–Crippen MR) is 91.7 cm³/mol. The second-order valence-corrected chi connectivity index (χ2v) is 5.81. The van der Waals surface area contributed by atoms with Gasteiger partial charge in [-0.1, -0.05) is 42.5 Å². The molecule has 2 heteroatoms. The summed E-state index contributed by atoms with van der Waals surface area (Å²) in [6, 6.07) is 20.4. The maximum Gasteiger partial charge on any atom is 0.0432 e. The van der Waals surface area contributed by atoms with Gasteiger partial charge >= 0.3 is 0 Å². The molecule has 0 radical (unpaired) electrons. The Balaban J connectivity index is 2.18. The SMILES string of the molecule is CNC(C)c1ccc(N(Cc2ccccc2)C(C)C)cc1. The molecule has 2 nitrogen and oxygen atoms in total. The fraction of sp³-hybridized carbons (Fsp3) is 0.368. The first-order chi connectivity index (χ1) is 10.1. The Bertz CT molecular complexity index is 531. The van der Waals surface area contributed by atoms with Crippen LogP contribution in [-0.2, 0) is 6.54 Å². The van der Waals surface area contributed by atoms with Gasteiger partial charge in [0.1, 0.15) is 0 Å². The van der Waals surface area contributed by atoms with Gasteiger partial charge in [0.05, 0.1) is 0 Å². The van der Waals surface area contributed by atoms with Crippen LogP contribution in [0.15, 0.2) is 54.6 Å². The van der Waals surface area contributed by atoms with Crippen LogP contribution in [0.4, 0.5) is 5.69 Å². The minimum atomic E-state index is 0.390. The second kappa shape index (κ2) is 7.28. The lowest BCUT2D eigenvalue weighted by atomic mass is 10.1. The molecule has 0 spiro atoms. The minimum Gasteiger partial charge on any atom is -0.365 e. The summed E-state index contributed by atoms with van der Waals surface area (Å²) in [5.41, 5.74) is 3.95.